The number of hydrogen-bond donors (Lipinski definition) is 0. The molecule has 5 heteroatoms. The van der Waals surface area contributed by atoms with Gasteiger partial charge in [-0.25, -0.2) is 4.39 Å². The van der Waals surface area contributed by atoms with E-state index in [0.29, 0.717) is 5.69 Å². The van der Waals surface area contributed by atoms with Crippen molar-refractivity contribution in [3.05, 3.63) is 39.5 Å². The first-order valence-corrected chi connectivity index (χ1v) is 4.08. The average molecular weight is 417 g/mol. The Hall–Kier alpha value is 0.0783. The molecule has 0 saturated carbocycles. The van der Waals surface area contributed by atoms with Crippen LogP contribution in [0.3, 0.4) is 0 Å². The van der Waals surface area contributed by atoms with Crippen LogP contribution < -0.4 is 0 Å². The zero-order chi connectivity index (χ0) is 9.56. The molecule has 1 aromatic rings. The summed E-state index contributed by atoms with van der Waals surface area (Å²) >= 11 is 3.14. The van der Waals surface area contributed by atoms with Crippen molar-refractivity contribution >= 4 is 21.6 Å². The standard InChI is InChI=1S/C7H6BrFN.CH4N.W/c1-10-7-3-2-5(8)4-6(7)9;1-2;/h2-4H,1H3;2H,1H3;/q2*-1;+2. The summed E-state index contributed by atoms with van der Waals surface area (Å²) in [5, 5.41) is 3.72. The number of halogens is 2. The second-order valence-electron chi connectivity index (χ2n) is 1.82. The first-order valence-electron chi connectivity index (χ1n) is 3.29. The van der Waals surface area contributed by atoms with Gasteiger partial charge in [0.2, 0.25) is 0 Å². The largest absolute Gasteiger partial charge is 2.00 e. The van der Waals surface area contributed by atoms with E-state index >= 15 is 0 Å². The molecule has 0 bridgehead atoms. The number of nitrogens with one attached hydrogen (secondary N) is 1. The van der Waals surface area contributed by atoms with Gasteiger partial charge in [-0.2, -0.15) is 7.05 Å². The maximum absolute atomic E-state index is 12.7. The van der Waals surface area contributed by atoms with E-state index < -0.39 is 0 Å². The van der Waals surface area contributed by atoms with Crippen molar-refractivity contribution in [1.29, 1.82) is 0 Å². The van der Waals surface area contributed by atoms with E-state index in [1.54, 1.807) is 19.2 Å². The molecule has 0 aromatic heterocycles. The SMILES string of the molecule is C[N-]c1ccc(Br)cc1F.C[NH-].[W+2]. The molecule has 0 aliphatic heterocycles. The zero-order valence-corrected chi connectivity index (χ0v) is 11.9. The van der Waals surface area contributed by atoms with Crippen molar-refractivity contribution in [2.24, 2.45) is 0 Å². The molecule has 0 amide bonds. The Kier molecular flexibility index (Phi) is 10.4. The maximum Gasteiger partial charge on any atom is 2.00 e. The topological polar surface area (TPSA) is 37.9 Å². The molecule has 1 aromatic carbocycles. The molecule has 72 valence electrons. The van der Waals surface area contributed by atoms with Crippen LogP contribution in [0.2, 0.25) is 0 Å². The average Bonchev–Trinajstić information content (AvgIpc) is 2.08. The third kappa shape index (κ3) is 5.40. The molecule has 1 N–H and O–H groups in total. The van der Waals surface area contributed by atoms with Gasteiger partial charge in [-0.05, 0) is 12.1 Å². The molecule has 0 spiro atoms. The minimum atomic E-state index is -0.295. The predicted octanol–water partition coefficient (Wildman–Crippen LogP) is 3.89. The minimum absolute atomic E-state index is 0. The van der Waals surface area contributed by atoms with Crippen LogP contribution in [0.25, 0.3) is 11.1 Å². The van der Waals surface area contributed by atoms with Crippen molar-refractivity contribution in [2.45, 2.75) is 0 Å². The summed E-state index contributed by atoms with van der Waals surface area (Å²) in [4.78, 5) is 0. The van der Waals surface area contributed by atoms with Crippen LogP contribution in [-0.2, 0) is 21.1 Å². The number of rotatable bonds is 1. The first kappa shape index (κ1) is 15.5. The van der Waals surface area contributed by atoms with E-state index in [0.717, 1.165) is 4.47 Å². The van der Waals surface area contributed by atoms with Crippen LogP contribution >= 0.6 is 15.9 Å². The van der Waals surface area contributed by atoms with Crippen molar-refractivity contribution < 1.29 is 25.5 Å². The minimum Gasteiger partial charge on any atom is -0.685 e. The Morgan fingerprint density at radius 1 is 1.38 bits per heavy atom. The monoisotopic (exact) mass is 416 g/mol. The van der Waals surface area contributed by atoms with E-state index in [9.17, 15) is 4.39 Å². The molecule has 0 aliphatic carbocycles. The van der Waals surface area contributed by atoms with Gasteiger partial charge in [0.25, 0.3) is 0 Å². The van der Waals surface area contributed by atoms with E-state index in [-0.39, 0.29) is 26.9 Å². The number of hydrogen-bond acceptors (Lipinski definition) is 0. The van der Waals surface area contributed by atoms with Gasteiger partial charge in [0.15, 0.2) is 0 Å². The van der Waals surface area contributed by atoms with Crippen molar-refractivity contribution in [2.75, 3.05) is 14.1 Å². The summed E-state index contributed by atoms with van der Waals surface area (Å²) in [6, 6.07) is 4.77. The fourth-order valence-corrected chi connectivity index (χ4v) is 0.996. The fourth-order valence-electron chi connectivity index (χ4n) is 0.663. The normalized spacial score (nSPS) is 7.77. The Balaban J connectivity index is 0. The van der Waals surface area contributed by atoms with Crippen LogP contribution in [-0.4, -0.2) is 14.1 Å². The summed E-state index contributed by atoms with van der Waals surface area (Å²) in [5.74, 6) is -0.295. The van der Waals surface area contributed by atoms with Crippen molar-refractivity contribution in [3.8, 4) is 0 Å². The van der Waals surface area contributed by atoms with E-state index in [1.807, 2.05) is 0 Å². The van der Waals surface area contributed by atoms with Gasteiger partial charge in [0.05, 0.1) is 0 Å². The molecule has 0 atom stereocenters. The molecular formula is C8H10BrFN2W. The van der Waals surface area contributed by atoms with Crippen molar-refractivity contribution in [1.82, 2.24) is 0 Å². The van der Waals surface area contributed by atoms with E-state index in [1.165, 1.54) is 13.1 Å². The number of benzene rings is 1. The summed E-state index contributed by atoms with van der Waals surface area (Å²) in [7, 11) is 2.81. The van der Waals surface area contributed by atoms with E-state index in [4.69, 9.17) is 5.73 Å². The smallest absolute Gasteiger partial charge is 0.685 e. The molecule has 0 unspecified atom stereocenters. The fraction of sp³-hybridized carbons (Fsp3) is 0.250. The van der Waals surface area contributed by atoms with Crippen LogP contribution in [0.15, 0.2) is 22.7 Å². The van der Waals surface area contributed by atoms with Crippen molar-refractivity contribution in [3.63, 3.8) is 0 Å². The third-order valence-electron chi connectivity index (χ3n) is 1.15. The Morgan fingerprint density at radius 2 is 1.92 bits per heavy atom. The van der Waals surface area contributed by atoms with Crippen LogP contribution in [0, 0.1) is 5.82 Å². The predicted molar refractivity (Wildman–Crippen MR) is 53.3 cm³/mol. The molecule has 13 heavy (non-hydrogen) atoms. The summed E-state index contributed by atoms with van der Waals surface area (Å²) in [6.07, 6.45) is 0. The van der Waals surface area contributed by atoms with Crippen LogP contribution in [0.5, 0.6) is 0 Å². The molecule has 0 radical (unpaired) electrons. The quantitative estimate of drug-likeness (QED) is 0.666. The van der Waals surface area contributed by atoms with Gasteiger partial charge >= 0.3 is 21.1 Å². The van der Waals surface area contributed by atoms with Gasteiger partial charge in [-0.15, -0.1) is 12.7 Å². The Morgan fingerprint density at radius 3 is 2.31 bits per heavy atom. The molecule has 0 heterocycles. The van der Waals surface area contributed by atoms with Crippen LogP contribution in [0.1, 0.15) is 0 Å². The summed E-state index contributed by atoms with van der Waals surface area (Å²) < 4.78 is 13.5. The first-order chi connectivity index (χ1) is 5.74. The zero-order valence-electron chi connectivity index (χ0n) is 7.34. The van der Waals surface area contributed by atoms with E-state index in [2.05, 4.69) is 21.2 Å². The molecule has 0 aliphatic rings. The maximum atomic E-state index is 12.7. The molecule has 0 saturated heterocycles. The second kappa shape index (κ2) is 8.67. The number of nitrogens with zero attached hydrogens (tertiary/aromatic N) is 1. The second-order valence-corrected chi connectivity index (χ2v) is 2.74. The Bertz CT molecular complexity index is 246. The molecule has 0 fully saturated rings. The molecule has 1 rings (SSSR count). The van der Waals surface area contributed by atoms with Gasteiger partial charge in [-0.3, -0.25) is 0 Å². The van der Waals surface area contributed by atoms with Gasteiger partial charge in [0.1, 0.15) is 5.82 Å². The summed E-state index contributed by atoms with van der Waals surface area (Å²) in [6.45, 7) is 0. The molecule has 2 nitrogen and oxygen atoms in total. The molecular weight excluding hydrogens is 407 g/mol. The van der Waals surface area contributed by atoms with Gasteiger partial charge in [0, 0.05) is 4.47 Å². The van der Waals surface area contributed by atoms with Crippen LogP contribution in [0.4, 0.5) is 10.1 Å². The summed E-state index contributed by atoms with van der Waals surface area (Å²) in [5.41, 5.74) is 6.14. The Labute approximate surface area is 100 Å². The third-order valence-corrected chi connectivity index (χ3v) is 1.64. The van der Waals surface area contributed by atoms with Gasteiger partial charge < -0.3 is 11.1 Å². The van der Waals surface area contributed by atoms with Gasteiger partial charge in [-0.1, -0.05) is 22.0 Å².